The first kappa shape index (κ1) is 12.4. The molecule has 4 N–H and O–H groups in total. The second-order valence-electron chi connectivity index (χ2n) is 4.80. The van der Waals surface area contributed by atoms with Crippen molar-refractivity contribution in [1.82, 2.24) is 10.2 Å². The van der Waals surface area contributed by atoms with E-state index in [4.69, 9.17) is 11.5 Å². The summed E-state index contributed by atoms with van der Waals surface area (Å²) in [6.45, 7) is 1.57. The molecule has 0 aliphatic carbocycles. The van der Waals surface area contributed by atoms with Gasteiger partial charge in [0.2, 0.25) is 0 Å². The van der Waals surface area contributed by atoms with Gasteiger partial charge in [-0.25, -0.2) is 0 Å². The predicted molar refractivity (Wildman–Crippen MR) is 76.2 cm³/mol. The lowest BCUT2D eigenvalue weighted by molar-refractivity contribution is 0.0994. The lowest BCUT2D eigenvalue weighted by atomic mass is 9.98. The topological polar surface area (TPSA) is 98.1 Å². The summed E-state index contributed by atoms with van der Waals surface area (Å²) < 4.78 is 0. The largest absolute Gasteiger partial charge is 0.398 e. The van der Waals surface area contributed by atoms with Gasteiger partial charge in [-0.05, 0) is 35.7 Å². The van der Waals surface area contributed by atoms with Crippen LogP contribution in [-0.2, 0) is 13.0 Å². The third-order valence-corrected chi connectivity index (χ3v) is 3.53. The van der Waals surface area contributed by atoms with E-state index in [1.165, 1.54) is 11.1 Å². The zero-order valence-electron chi connectivity index (χ0n) is 10.9. The number of nitrogens with zero attached hydrogens (tertiary/aromatic N) is 3. The van der Waals surface area contributed by atoms with Crippen LogP contribution in [0, 0.1) is 0 Å². The molecule has 1 amide bonds. The van der Waals surface area contributed by atoms with Crippen LogP contribution in [-0.4, -0.2) is 22.6 Å². The molecule has 0 saturated heterocycles. The summed E-state index contributed by atoms with van der Waals surface area (Å²) >= 11 is 0. The molecule has 2 heterocycles. The Hall–Kier alpha value is -2.63. The summed E-state index contributed by atoms with van der Waals surface area (Å²) in [5, 5.41) is 7.90. The molecular formula is C14H15N5O. The van der Waals surface area contributed by atoms with Crippen LogP contribution in [0.1, 0.15) is 21.6 Å². The monoisotopic (exact) mass is 269 g/mol. The molecule has 0 radical (unpaired) electrons. The van der Waals surface area contributed by atoms with Gasteiger partial charge in [0, 0.05) is 18.8 Å². The molecule has 6 nitrogen and oxygen atoms in total. The van der Waals surface area contributed by atoms with Crippen molar-refractivity contribution < 1.29 is 4.79 Å². The fourth-order valence-corrected chi connectivity index (χ4v) is 2.46. The highest BCUT2D eigenvalue weighted by atomic mass is 16.1. The number of primary amides is 1. The summed E-state index contributed by atoms with van der Waals surface area (Å²) in [5.41, 5.74) is 14.6. The molecule has 0 spiro atoms. The third kappa shape index (κ3) is 2.16. The Morgan fingerprint density at radius 3 is 2.75 bits per heavy atom. The Labute approximate surface area is 116 Å². The van der Waals surface area contributed by atoms with Crippen LogP contribution in [0.4, 0.5) is 11.5 Å². The van der Waals surface area contributed by atoms with Gasteiger partial charge in [-0.15, -0.1) is 10.2 Å². The Balaban J connectivity index is 1.85. The van der Waals surface area contributed by atoms with E-state index in [0.717, 1.165) is 31.0 Å². The predicted octanol–water partition coefficient (Wildman–Crippen LogP) is 0.720. The molecule has 1 aliphatic heterocycles. The van der Waals surface area contributed by atoms with Crippen molar-refractivity contribution >= 4 is 17.4 Å². The molecule has 20 heavy (non-hydrogen) atoms. The van der Waals surface area contributed by atoms with Gasteiger partial charge in [-0.3, -0.25) is 4.79 Å². The van der Waals surface area contributed by atoms with E-state index >= 15 is 0 Å². The molecule has 0 atom stereocenters. The highest BCUT2D eigenvalue weighted by Crippen LogP contribution is 2.26. The van der Waals surface area contributed by atoms with Crippen LogP contribution in [0.2, 0.25) is 0 Å². The number of rotatable bonds is 2. The van der Waals surface area contributed by atoms with Gasteiger partial charge in [0.05, 0.1) is 0 Å². The average molecular weight is 269 g/mol. The van der Waals surface area contributed by atoms with Gasteiger partial charge >= 0.3 is 0 Å². The van der Waals surface area contributed by atoms with Crippen LogP contribution < -0.4 is 16.4 Å². The number of nitrogens with two attached hydrogens (primary N) is 2. The van der Waals surface area contributed by atoms with Crippen LogP contribution in [0.15, 0.2) is 30.3 Å². The van der Waals surface area contributed by atoms with Crippen molar-refractivity contribution in [2.24, 2.45) is 5.73 Å². The first-order valence-electron chi connectivity index (χ1n) is 6.40. The fraction of sp³-hybridized carbons (Fsp3) is 0.214. The number of aromatic nitrogens is 2. The minimum atomic E-state index is -0.569. The van der Waals surface area contributed by atoms with Gasteiger partial charge < -0.3 is 16.4 Å². The standard InChI is InChI=1S/C14H15N5O/c15-11-3-1-2-9-8-19(7-6-10(9)11)13-5-4-12(14(16)20)17-18-13/h1-5H,6-8,15H2,(H2,16,20). The number of nitrogen functional groups attached to an aromatic ring is 1. The molecule has 1 aromatic heterocycles. The zero-order valence-corrected chi connectivity index (χ0v) is 10.9. The summed E-state index contributed by atoms with van der Waals surface area (Å²) in [7, 11) is 0. The highest BCUT2D eigenvalue weighted by molar-refractivity contribution is 5.90. The number of fused-ring (bicyclic) bond motifs is 1. The van der Waals surface area contributed by atoms with Crippen LogP contribution >= 0.6 is 0 Å². The van der Waals surface area contributed by atoms with Gasteiger partial charge in [0.15, 0.2) is 11.5 Å². The van der Waals surface area contributed by atoms with E-state index in [-0.39, 0.29) is 5.69 Å². The molecule has 0 fully saturated rings. The molecule has 0 saturated carbocycles. The molecule has 0 unspecified atom stereocenters. The lowest BCUT2D eigenvalue weighted by Gasteiger charge is -2.30. The first-order valence-corrected chi connectivity index (χ1v) is 6.40. The normalized spacial score (nSPS) is 13.9. The minimum absolute atomic E-state index is 0.176. The smallest absolute Gasteiger partial charge is 0.269 e. The van der Waals surface area contributed by atoms with Crippen LogP contribution in [0.5, 0.6) is 0 Å². The van der Waals surface area contributed by atoms with Crippen LogP contribution in [0.25, 0.3) is 0 Å². The molecule has 1 aliphatic rings. The lowest BCUT2D eigenvalue weighted by Crippen LogP contribution is -2.31. The maximum absolute atomic E-state index is 11.0. The van der Waals surface area contributed by atoms with Gasteiger partial charge in [0.25, 0.3) is 5.91 Å². The second kappa shape index (κ2) is 4.80. The van der Waals surface area contributed by atoms with Crippen molar-refractivity contribution in [3.05, 3.63) is 47.2 Å². The highest BCUT2D eigenvalue weighted by Gasteiger charge is 2.19. The van der Waals surface area contributed by atoms with Crippen molar-refractivity contribution in [3.63, 3.8) is 0 Å². The maximum atomic E-state index is 11.0. The number of amides is 1. The molecular weight excluding hydrogens is 254 g/mol. The van der Waals surface area contributed by atoms with Crippen molar-refractivity contribution in [1.29, 1.82) is 0 Å². The Morgan fingerprint density at radius 2 is 2.05 bits per heavy atom. The van der Waals surface area contributed by atoms with Gasteiger partial charge in [-0.2, -0.15) is 0 Å². The summed E-state index contributed by atoms with van der Waals surface area (Å²) in [6, 6.07) is 9.32. The van der Waals surface area contributed by atoms with E-state index < -0.39 is 5.91 Å². The fourth-order valence-electron chi connectivity index (χ4n) is 2.46. The number of hydrogen-bond acceptors (Lipinski definition) is 5. The third-order valence-electron chi connectivity index (χ3n) is 3.53. The number of carbonyl (C=O) groups excluding carboxylic acids is 1. The number of benzene rings is 1. The van der Waals surface area contributed by atoms with Gasteiger partial charge in [-0.1, -0.05) is 12.1 Å². The molecule has 0 bridgehead atoms. The zero-order chi connectivity index (χ0) is 14.1. The summed E-state index contributed by atoms with van der Waals surface area (Å²) in [5.74, 6) is 0.170. The Bertz CT molecular complexity index is 653. The molecule has 1 aromatic carbocycles. The summed E-state index contributed by atoms with van der Waals surface area (Å²) in [4.78, 5) is 13.1. The minimum Gasteiger partial charge on any atom is -0.398 e. The Kier molecular flexibility index (Phi) is 2.98. The Morgan fingerprint density at radius 1 is 1.20 bits per heavy atom. The first-order chi connectivity index (χ1) is 9.65. The number of carbonyl (C=O) groups is 1. The van der Waals surface area contributed by atoms with Crippen LogP contribution in [0.3, 0.4) is 0 Å². The van der Waals surface area contributed by atoms with Crippen molar-refractivity contribution in [2.45, 2.75) is 13.0 Å². The van der Waals surface area contributed by atoms with E-state index in [1.54, 1.807) is 12.1 Å². The van der Waals surface area contributed by atoms with Gasteiger partial charge in [0.1, 0.15) is 0 Å². The van der Waals surface area contributed by atoms with E-state index in [1.807, 2.05) is 12.1 Å². The van der Waals surface area contributed by atoms with Crippen molar-refractivity contribution in [2.75, 3.05) is 17.2 Å². The quantitative estimate of drug-likeness (QED) is 0.783. The summed E-state index contributed by atoms with van der Waals surface area (Å²) in [6.07, 6.45) is 0.876. The molecule has 2 aromatic rings. The number of hydrogen-bond donors (Lipinski definition) is 2. The second-order valence-corrected chi connectivity index (χ2v) is 4.80. The van der Waals surface area contributed by atoms with E-state index in [0.29, 0.717) is 0 Å². The maximum Gasteiger partial charge on any atom is 0.269 e. The molecule has 6 heteroatoms. The average Bonchev–Trinajstić information content (AvgIpc) is 2.47. The molecule has 3 rings (SSSR count). The van der Waals surface area contributed by atoms with E-state index in [9.17, 15) is 4.79 Å². The molecule has 102 valence electrons. The van der Waals surface area contributed by atoms with Crippen molar-refractivity contribution in [3.8, 4) is 0 Å². The SMILES string of the molecule is NC(=O)c1ccc(N2CCc3c(N)cccc3C2)nn1. The van der Waals surface area contributed by atoms with E-state index in [2.05, 4.69) is 21.2 Å². The number of anilines is 2.